The maximum atomic E-state index is 11.7. The van der Waals surface area contributed by atoms with Crippen molar-refractivity contribution in [2.24, 2.45) is 0 Å². The van der Waals surface area contributed by atoms with E-state index in [1.54, 1.807) is 25.3 Å². The first kappa shape index (κ1) is 17.4. The van der Waals surface area contributed by atoms with Crippen molar-refractivity contribution in [3.05, 3.63) is 34.4 Å². The summed E-state index contributed by atoms with van der Waals surface area (Å²) in [5.74, 6) is -1.53. The van der Waals surface area contributed by atoms with Crippen LogP contribution >= 0.6 is 23.2 Å². The van der Waals surface area contributed by atoms with E-state index in [4.69, 9.17) is 32.7 Å². The zero-order chi connectivity index (χ0) is 18.1. The average Bonchev–Trinajstić information content (AvgIpc) is 2.57. The van der Waals surface area contributed by atoms with Crippen LogP contribution in [0.15, 0.2) is 24.4 Å². The van der Waals surface area contributed by atoms with E-state index in [1.165, 1.54) is 6.92 Å². The van der Waals surface area contributed by atoms with Crippen LogP contribution in [0.5, 0.6) is 11.6 Å². The van der Waals surface area contributed by atoms with Crippen LogP contribution in [0.2, 0.25) is 10.0 Å². The molecule has 0 radical (unpaired) electrons. The number of halogens is 2. The van der Waals surface area contributed by atoms with Gasteiger partial charge in [0.25, 0.3) is 5.88 Å². The largest absolute Gasteiger partial charge is 0.419 e. The monoisotopic (exact) mass is 378 g/mol. The van der Waals surface area contributed by atoms with Crippen molar-refractivity contribution in [2.45, 2.75) is 20.3 Å². The molecule has 0 unspecified atom stereocenters. The second kappa shape index (κ2) is 6.82. The Hall–Kier alpha value is -2.44. The molecule has 3 rings (SSSR count). The molecule has 0 aliphatic carbocycles. The van der Waals surface area contributed by atoms with Crippen LogP contribution < -0.4 is 9.47 Å². The molecule has 2 heterocycles. The molecule has 0 aliphatic heterocycles. The lowest BCUT2D eigenvalue weighted by atomic mass is 10.1. The van der Waals surface area contributed by atoms with Gasteiger partial charge in [0.15, 0.2) is 0 Å². The number of aromatic nitrogens is 2. The van der Waals surface area contributed by atoms with E-state index in [-0.39, 0.29) is 23.1 Å². The third-order valence-corrected chi connectivity index (χ3v) is 4.05. The van der Waals surface area contributed by atoms with Crippen molar-refractivity contribution in [1.29, 1.82) is 0 Å². The van der Waals surface area contributed by atoms with Crippen LogP contribution in [0.3, 0.4) is 0 Å². The highest BCUT2D eigenvalue weighted by atomic mass is 35.5. The Labute approximate surface area is 152 Å². The van der Waals surface area contributed by atoms with E-state index in [0.717, 1.165) is 5.39 Å². The second-order valence-electron chi connectivity index (χ2n) is 5.14. The van der Waals surface area contributed by atoms with Gasteiger partial charge in [0.1, 0.15) is 10.5 Å². The lowest BCUT2D eigenvalue weighted by molar-refractivity contribution is -0.136. The minimum atomic E-state index is -0.633. The number of hydrogen-bond acceptors (Lipinski definition) is 6. The van der Waals surface area contributed by atoms with Gasteiger partial charge in [0, 0.05) is 30.3 Å². The molecule has 3 aromatic rings. The Morgan fingerprint density at radius 2 is 1.96 bits per heavy atom. The van der Waals surface area contributed by atoms with E-state index in [1.807, 2.05) is 6.07 Å². The summed E-state index contributed by atoms with van der Waals surface area (Å²) >= 11 is 12.7. The molecule has 0 saturated heterocycles. The predicted molar refractivity (Wildman–Crippen MR) is 94.3 cm³/mol. The molecule has 0 atom stereocenters. The summed E-state index contributed by atoms with van der Waals surface area (Å²) < 4.78 is 10.3. The number of carbonyl (C=O) groups is 2. The Morgan fingerprint density at radius 1 is 1.20 bits per heavy atom. The van der Waals surface area contributed by atoms with Crippen molar-refractivity contribution in [1.82, 2.24) is 9.97 Å². The first-order valence-electron chi connectivity index (χ1n) is 7.38. The lowest BCUT2D eigenvalue weighted by Gasteiger charge is -2.14. The normalized spacial score (nSPS) is 10.9. The Balaban J connectivity index is 2.40. The van der Waals surface area contributed by atoms with Gasteiger partial charge < -0.3 is 9.47 Å². The number of fused-ring (bicyclic) bond motifs is 3. The SMILES string of the molecule is CCC(=O)Oc1nc2c(c(Cl)cc3cccnc32)c(Cl)c1OC(C)=O. The van der Waals surface area contributed by atoms with Gasteiger partial charge in [-0.15, -0.1) is 0 Å². The van der Waals surface area contributed by atoms with E-state index in [9.17, 15) is 9.59 Å². The van der Waals surface area contributed by atoms with Crippen molar-refractivity contribution >= 4 is 56.9 Å². The highest BCUT2D eigenvalue weighted by Crippen LogP contribution is 2.43. The van der Waals surface area contributed by atoms with Gasteiger partial charge in [-0.1, -0.05) is 36.2 Å². The summed E-state index contributed by atoms with van der Waals surface area (Å²) in [6.07, 6.45) is 1.72. The van der Waals surface area contributed by atoms with E-state index >= 15 is 0 Å². The Bertz CT molecular complexity index is 1020. The molecule has 8 heteroatoms. The smallest absolute Gasteiger partial charge is 0.312 e. The zero-order valence-electron chi connectivity index (χ0n) is 13.3. The van der Waals surface area contributed by atoms with Gasteiger partial charge in [-0.25, -0.2) is 4.98 Å². The number of nitrogens with zero attached hydrogens (tertiary/aromatic N) is 2. The van der Waals surface area contributed by atoms with Gasteiger partial charge in [-0.05, 0) is 12.1 Å². The predicted octanol–water partition coefficient (Wildman–Crippen LogP) is 4.33. The first-order chi connectivity index (χ1) is 11.9. The van der Waals surface area contributed by atoms with Gasteiger partial charge in [-0.3, -0.25) is 14.6 Å². The van der Waals surface area contributed by atoms with Gasteiger partial charge in [-0.2, -0.15) is 0 Å². The van der Waals surface area contributed by atoms with Crippen molar-refractivity contribution < 1.29 is 19.1 Å². The number of rotatable bonds is 3. The Kier molecular flexibility index (Phi) is 4.74. The molecule has 25 heavy (non-hydrogen) atoms. The molecule has 0 bridgehead atoms. The number of ether oxygens (including phenoxy) is 2. The maximum absolute atomic E-state index is 11.7. The summed E-state index contributed by atoms with van der Waals surface area (Å²) in [6.45, 7) is 2.83. The fraction of sp³-hybridized carbons (Fsp3) is 0.176. The average molecular weight is 379 g/mol. The van der Waals surface area contributed by atoms with Gasteiger partial charge in [0.05, 0.1) is 10.5 Å². The fourth-order valence-corrected chi connectivity index (χ4v) is 2.99. The number of carbonyl (C=O) groups excluding carboxylic acids is 2. The summed E-state index contributed by atoms with van der Waals surface area (Å²) in [5.41, 5.74) is 0.884. The number of esters is 2. The van der Waals surface area contributed by atoms with Crippen molar-refractivity contribution in [3.8, 4) is 11.6 Å². The number of benzene rings is 1. The van der Waals surface area contributed by atoms with Crippen LogP contribution in [-0.2, 0) is 9.59 Å². The summed E-state index contributed by atoms with van der Waals surface area (Å²) in [4.78, 5) is 31.7. The fourth-order valence-electron chi connectivity index (χ4n) is 2.33. The van der Waals surface area contributed by atoms with E-state index in [0.29, 0.717) is 21.4 Å². The molecule has 1 aromatic carbocycles. The highest BCUT2D eigenvalue weighted by molar-refractivity contribution is 6.44. The van der Waals surface area contributed by atoms with E-state index in [2.05, 4.69) is 9.97 Å². The summed E-state index contributed by atoms with van der Waals surface area (Å²) in [6, 6.07) is 5.27. The quantitative estimate of drug-likeness (QED) is 0.498. The standard InChI is InChI=1S/C17H12Cl2N2O4/c1-3-11(23)25-17-16(24-8(2)22)13(19)12-10(18)7-9-5-4-6-20-14(9)15(12)21-17/h4-7H,3H2,1-2H3. The highest BCUT2D eigenvalue weighted by Gasteiger charge is 2.23. The van der Waals surface area contributed by atoms with E-state index < -0.39 is 11.9 Å². The molecular formula is C17H12Cl2N2O4. The topological polar surface area (TPSA) is 78.4 Å². The lowest BCUT2D eigenvalue weighted by Crippen LogP contribution is -2.11. The van der Waals surface area contributed by atoms with Crippen molar-refractivity contribution in [2.75, 3.05) is 0 Å². The second-order valence-corrected chi connectivity index (χ2v) is 5.92. The van der Waals surface area contributed by atoms with Gasteiger partial charge in [0.2, 0.25) is 5.75 Å². The summed E-state index contributed by atoms with van der Waals surface area (Å²) in [5, 5.41) is 1.45. The molecule has 6 nitrogen and oxygen atoms in total. The van der Waals surface area contributed by atoms with Crippen LogP contribution in [0.25, 0.3) is 21.8 Å². The van der Waals surface area contributed by atoms with Crippen LogP contribution in [-0.4, -0.2) is 21.9 Å². The van der Waals surface area contributed by atoms with Crippen LogP contribution in [0.1, 0.15) is 20.3 Å². The van der Waals surface area contributed by atoms with Crippen LogP contribution in [0.4, 0.5) is 0 Å². The molecule has 0 amide bonds. The van der Waals surface area contributed by atoms with Crippen molar-refractivity contribution in [3.63, 3.8) is 0 Å². The van der Waals surface area contributed by atoms with Crippen LogP contribution in [0, 0.1) is 0 Å². The molecule has 0 N–H and O–H groups in total. The molecule has 0 fully saturated rings. The minimum Gasteiger partial charge on any atom is -0.419 e. The molecule has 0 spiro atoms. The number of hydrogen-bond donors (Lipinski definition) is 0. The molecule has 2 aromatic heterocycles. The third kappa shape index (κ3) is 3.23. The minimum absolute atomic E-state index is 0.0247. The number of pyridine rings is 2. The molecular weight excluding hydrogens is 367 g/mol. The zero-order valence-corrected chi connectivity index (χ0v) is 14.8. The summed E-state index contributed by atoms with van der Waals surface area (Å²) in [7, 11) is 0. The molecule has 0 aliphatic rings. The molecule has 128 valence electrons. The maximum Gasteiger partial charge on any atom is 0.312 e. The first-order valence-corrected chi connectivity index (χ1v) is 8.13. The Morgan fingerprint density at radius 3 is 2.64 bits per heavy atom. The third-order valence-electron chi connectivity index (χ3n) is 3.39. The van der Waals surface area contributed by atoms with Gasteiger partial charge >= 0.3 is 11.9 Å². The molecule has 0 saturated carbocycles.